The van der Waals surface area contributed by atoms with Gasteiger partial charge in [-0.25, -0.2) is 4.39 Å². The average molecular weight is 322 g/mol. The molecule has 1 heterocycles. The van der Waals surface area contributed by atoms with Gasteiger partial charge in [0.15, 0.2) is 0 Å². The van der Waals surface area contributed by atoms with E-state index in [1.165, 1.54) is 6.07 Å². The summed E-state index contributed by atoms with van der Waals surface area (Å²) in [5, 5.41) is 6.15. The molecule has 92 valence electrons. The fraction of sp³-hybridized carbons (Fsp3) is 0.364. The van der Waals surface area contributed by atoms with Gasteiger partial charge in [-0.15, -0.1) is 0 Å². The van der Waals surface area contributed by atoms with Crippen molar-refractivity contribution in [3.63, 3.8) is 0 Å². The predicted octanol–water partition coefficient (Wildman–Crippen LogP) is 2.33. The summed E-state index contributed by atoms with van der Waals surface area (Å²) >= 11 is 8.90. The Kier molecular flexibility index (Phi) is 4.01. The van der Waals surface area contributed by atoms with Crippen molar-refractivity contribution in [3.8, 4) is 0 Å². The van der Waals surface area contributed by atoms with Crippen LogP contribution in [0, 0.1) is 5.82 Å². The van der Waals surface area contributed by atoms with E-state index in [1.54, 1.807) is 0 Å². The Morgan fingerprint density at radius 2 is 2.35 bits per heavy atom. The van der Waals surface area contributed by atoms with Crippen LogP contribution in [-0.4, -0.2) is 25.0 Å². The lowest BCUT2D eigenvalue weighted by atomic mass is 10.1. The minimum atomic E-state index is -0.610. The topological polar surface area (TPSA) is 41.1 Å². The molecule has 0 spiro atoms. The molecule has 1 unspecified atom stereocenters. The van der Waals surface area contributed by atoms with Crippen LogP contribution < -0.4 is 10.6 Å². The van der Waals surface area contributed by atoms with Gasteiger partial charge in [-0.3, -0.25) is 4.79 Å². The van der Waals surface area contributed by atoms with Crippen molar-refractivity contribution in [1.82, 2.24) is 10.6 Å². The molecule has 3 nitrogen and oxygen atoms in total. The summed E-state index contributed by atoms with van der Waals surface area (Å²) in [7, 11) is 0. The number of rotatable bonds is 2. The second kappa shape index (κ2) is 5.33. The molecule has 2 rings (SSSR count). The molecule has 0 saturated carbocycles. The SMILES string of the molecule is O=C(NC1CCNC1)c1cc(Br)c(Cl)cc1F. The van der Waals surface area contributed by atoms with E-state index in [9.17, 15) is 9.18 Å². The molecule has 2 N–H and O–H groups in total. The lowest BCUT2D eigenvalue weighted by Gasteiger charge is -2.12. The quantitative estimate of drug-likeness (QED) is 0.821. The second-order valence-electron chi connectivity index (χ2n) is 3.91. The highest BCUT2D eigenvalue weighted by Crippen LogP contribution is 2.25. The highest BCUT2D eigenvalue weighted by atomic mass is 79.9. The van der Waals surface area contributed by atoms with Crippen LogP contribution in [0.1, 0.15) is 16.8 Å². The lowest BCUT2D eigenvalue weighted by Crippen LogP contribution is -2.36. The first-order chi connectivity index (χ1) is 8.08. The molecule has 1 aromatic rings. The number of halogens is 3. The van der Waals surface area contributed by atoms with Gasteiger partial charge in [0.25, 0.3) is 5.91 Å². The Labute approximate surface area is 112 Å². The first-order valence-corrected chi connectivity index (χ1v) is 6.41. The molecule has 1 aliphatic heterocycles. The second-order valence-corrected chi connectivity index (χ2v) is 5.17. The van der Waals surface area contributed by atoms with Crippen molar-refractivity contribution in [2.24, 2.45) is 0 Å². The number of benzene rings is 1. The first-order valence-electron chi connectivity index (χ1n) is 5.24. The van der Waals surface area contributed by atoms with Crippen LogP contribution >= 0.6 is 27.5 Å². The number of hydrogen-bond acceptors (Lipinski definition) is 2. The van der Waals surface area contributed by atoms with Gasteiger partial charge in [0.1, 0.15) is 5.82 Å². The Balaban J connectivity index is 2.15. The summed E-state index contributed by atoms with van der Waals surface area (Å²) < 4.78 is 14.1. The van der Waals surface area contributed by atoms with Gasteiger partial charge in [0.05, 0.1) is 10.6 Å². The van der Waals surface area contributed by atoms with Crippen molar-refractivity contribution < 1.29 is 9.18 Å². The molecule has 1 atom stereocenters. The fourth-order valence-corrected chi connectivity index (χ4v) is 2.23. The smallest absolute Gasteiger partial charge is 0.254 e. The van der Waals surface area contributed by atoms with Gasteiger partial charge in [0.2, 0.25) is 0 Å². The number of carbonyl (C=O) groups excluding carboxylic acids is 1. The van der Waals surface area contributed by atoms with Crippen LogP contribution in [-0.2, 0) is 0 Å². The highest BCUT2D eigenvalue weighted by Gasteiger charge is 2.20. The minimum Gasteiger partial charge on any atom is -0.348 e. The van der Waals surface area contributed by atoms with E-state index >= 15 is 0 Å². The van der Waals surface area contributed by atoms with Crippen LogP contribution in [0.5, 0.6) is 0 Å². The predicted molar refractivity (Wildman–Crippen MR) is 67.9 cm³/mol. The zero-order valence-electron chi connectivity index (χ0n) is 8.90. The van der Waals surface area contributed by atoms with E-state index in [0.717, 1.165) is 25.6 Å². The van der Waals surface area contributed by atoms with Crippen molar-refractivity contribution >= 4 is 33.4 Å². The van der Waals surface area contributed by atoms with Gasteiger partial charge < -0.3 is 10.6 Å². The van der Waals surface area contributed by atoms with Crippen LogP contribution in [0.4, 0.5) is 4.39 Å². The summed E-state index contributed by atoms with van der Waals surface area (Å²) in [6.45, 7) is 1.60. The first kappa shape index (κ1) is 12.8. The summed E-state index contributed by atoms with van der Waals surface area (Å²) in [6, 6.07) is 2.60. The van der Waals surface area contributed by atoms with Gasteiger partial charge in [-0.05, 0) is 41.0 Å². The summed E-state index contributed by atoms with van der Waals surface area (Å²) in [4.78, 5) is 11.8. The molecule has 0 bridgehead atoms. The van der Waals surface area contributed by atoms with Crippen LogP contribution in [0.25, 0.3) is 0 Å². The fourth-order valence-electron chi connectivity index (χ4n) is 1.74. The van der Waals surface area contributed by atoms with E-state index in [2.05, 4.69) is 26.6 Å². The van der Waals surface area contributed by atoms with Crippen molar-refractivity contribution in [3.05, 3.63) is 33.0 Å². The van der Waals surface area contributed by atoms with E-state index in [0.29, 0.717) is 4.47 Å². The van der Waals surface area contributed by atoms with E-state index < -0.39 is 11.7 Å². The number of nitrogens with one attached hydrogen (secondary N) is 2. The molecule has 1 amide bonds. The van der Waals surface area contributed by atoms with E-state index in [4.69, 9.17) is 11.6 Å². The normalized spacial score (nSPS) is 19.4. The van der Waals surface area contributed by atoms with E-state index in [-0.39, 0.29) is 16.6 Å². The molecule has 17 heavy (non-hydrogen) atoms. The molecule has 1 aliphatic rings. The molecule has 1 fully saturated rings. The molecule has 0 radical (unpaired) electrons. The maximum atomic E-state index is 13.6. The largest absolute Gasteiger partial charge is 0.348 e. The highest BCUT2D eigenvalue weighted by molar-refractivity contribution is 9.10. The van der Waals surface area contributed by atoms with Crippen LogP contribution in [0.3, 0.4) is 0 Å². The van der Waals surface area contributed by atoms with Crippen molar-refractivity contribution in [1.29, 1.82) is 0 Å². The lowest BCUT2D eigenvalue weighted by molar-refractivity contribution is 0.0936. The van der Waals surface area contributed by atoms with Gasteiger partial charge >= 0.3 is 0 Å². The zero-order chi connectivity index (χ0) is 12.4. The molecule has 1 saturated heterocycles. The van der Waals surface area contributed by atoms with Crippen molar-refractivity contribution in [2.45, 2.75) is 12.5 Å². The Morgan fingerprint density at radius 1 is 1.59 bits per heavy atom. The van der Waals surface area contributed by atoms with Gasteiger partial charge in [0, 0.05) is 17.1 Å². The van der Waals surface area contributed by atoms with Gasteiger partial charge in [-0.1, -0.05) is 11.6 Å². The maximum absolute atomic E-state index is 13.6. The maximum Gasteiger partial charge on any atom is 0.254 e. The third kappa shape index (κ3) is 2.97. The number of amides is 1. The number of hydrogen-bond donors (Lipinski definition) is 2. The third-order valence-corrected chi connectivity index (χ3v) is 3.85. The van der Waals surface area contributed by atoms with Crippen LogP contribution in [0.2, 0.25) is 5.02 Å². The van der Waals surface area contributed by atoms with Crippen molar-refractivity contribution in [2.75, 3.05) is 13.1 Å². The average Bonchev–Trinajstić information content (AvgIpc) is 2.76. The minimum absolute atomic E-state index is 0.00757. The third-order valence-electron chi connectivity index (χ3n) is 2.65. The molecule has 0 aromatic heterocycles. The monoisotopic (exact) mass is 320 g/mol. The Morgan fingerprint density at radius 3 is 3.00 bits per heavy atom. The zero-order valence-corrected chi connectivity index (χ0v) is 11.2. The standard InChI is InChI=1S/C11H11BrClFN2O/c12-8-3-7(10(14)4-9(8)13)11(17)16-6-1-2-15-5-6/h3-4,6,15H,1-2,5H2,(H,16,17). The molecular weight excluding hydrogens is 310 g/mol. The summed E-state index contributed by atoms with van der Waals surface area (Å²) in [5.74, 6) is -1.02. The molecule has 1 aromatic carbocycles. The van der Waals surface area contributed by atoms with Crippen LogP contribution in [0.15, 0.2) is 16.6 Å². The summed E-state index contributed by atoms with van der Waals surface area (Å²) in [5.41, 5.74) is 0.00757. The number of carbonyl (C=O) groups is 1. The Bertz CT molecular complexity index is 449. The molecule has 0 aliphatic carbocycles. The summed E-state index contributed by atoms with van der Waals surface area (Å²) in [6.07, 6.45) is 0.863. The molecular formula is C11H11BrClFN2O. The van der Waals surface area contributed by atoms with Gasteiger partial charge in [-0.2, -0.15) is 0 Å². The molecule has 6 heteroatoms. The van der Waals surface area contributed by atoms with E-state index in [1.807, 2.05) is 0 Å². The Hall–Kier alpha value is -0.650.